The third-order valence-corrected chi connectivity index (χ3v) is 6.60. The Morgan fingerprint density at radius 3 is 2.41 bits per heavy atom. The molecule has 0 spiro atoms. The highest BCUT2D eigenvalue weighted by Crippen LogP contribution is 2.42. The number of hydrogen-bond acceptors (Lipinski definition) is 4. The normalized spacial score (nSPS) is 17.6. The number of nitrogens with zero attached hydrogens (tertiary/aromatic N) is 4. The highest BCUT2D eigenvalue weighted by atomic mass is 32.1. The zero-order valence-electron chi connectivity index (χ0n) is 18.8. The average Bonchev–Trinajstić information content (AvgIpc) is 3.46. The quantitative estimate of drug-likeness (QED) is 0.234. The second kappa shape index (κ2) is 8.72. The van der Waals surface area contributed by atoms with Crippen molar-refractivity contribution in [2.45, 2.75) is 25.9 Å². The van der Waals surface area contributed by atoms with Crippen LogP contribution in [0.2, 0.25) is 0 Å². The summed E-state index contributed by atoms with van der Waals surface area (Å²) in [5, 5.41) is 15.2. The van der Waals surface area contributed by atoms with Gasteiger partial charge in [0, 0.05) is 41.6 Å². The molecule has 2 atom stereocenters. The zero-order chi connectivity index (χ0) is 23.8. The molecule has 4 aromatic rings. The van der Waals surface area contributed by atoms with E-state index in [0.29, 0.717) is 5.11 Å². The van der Waals surface area contributed by atoms with Gasteiger partial charge in [0.15, 0.2) is 5.11 Å². The van der Waals surface area contributed by atoms with Crippen LogP contribution in [0.15, 0.2) is 85.2 Å². The number of nitro groups is 1. The molecule has 5 rings (SSSR count). The third-order valence-electron chi connectivity index (χ3n) is 6.29. The van der Waals surface area contributed by atoms with Crippen LogP contribution in [0.3, 0.4) is 0 Å². The van der Waals surface area contributed by atoms with E-state index in [9.17, 15) is 10.1 Å². The maximum atomic E-state index is 11.1. The largest absolute Gasteiger partial charge is 0.351 e. The molecule has 2 aromatic heterocycles. The number of aromatic nitrogens is 2. The summed E-state index contributed by atoms with van der Waals surface area (Å²) >= 11 is 5.84. The molecule has 7 nitrogen and oxygen atoms in total. The van der Waals surface area contributed by atoms with Gasteiger partial charge in [-0.25, -0.2) is 0 Å². The topological polar surface area (TPSA) is 76.2 Å². The van der Waals surface area contributed by atoms with Crippen LogP contribution in [0.5, 0.6) is 0 Å². The predicted molar refractivity (Wildman–Crippen MR) is 136 cm³/mol. The van der Waals surface area contributed by atoms with Crippen LogP contribution in [0.25, 0.3) is 5.69 Å². The number of nitro benzene ring substituents is 1. The average molecular weight is 470 g/mol. The summed E-state index contributed by atoms with van der Waals surface area (Å²) in [6.07, 6.45) is 3.75. The van der Waals surface area contributed by atoms with Gasteiger partial charge in [-0.3, -0.25) is 15.1 Å². The number of anilines is 1. The maximum Gasteiger partial charge on any atom is 0.269 e. The van der Waals surface area contributed by atoms with E-state index in [4.69, 9.17) is 12.2 Å². The fraction of sp³-hybridized carbons (Fsp3) is 0.154. The summed E-state index contributed by atoms with van der Waals surface area (Å²) in [4.78, 5) is 17.5. The van der Waals surface area contributed by atoms with Crippen LogP contribution in [-0.4, -0.2) is 19.6 Å². The second-order valence-corrected chi connectivity index (χ2v) is 8.73. The lowest BCUT2D eigenvalue weighted by Crippen LogP contribution is -2.30. The molecule has 3 heterocycles. The van der Waals surface area contributed by atoms with E-state index >= 15 is 0 Å². The summed E-state index contributed by atoms with van der Waals surface area (Å²) in [7, 11) is 0. The number of pyridine rings is 1. The van der Waals surface area contributed by atoms with Crippen molar-refractivity contribution in [2.75, 3.05) is 4.90 Å². The Bertz CT molecular complexity index is 1370. The van der Waals surface area contributed by atoms with E-state index in [1.807, 2.05) is 35.0 Å². The standard InChI is InChI=1S/C26H23N5O2S/c1-17-8-9-21(16-18(17)2)30-25(24(28-26(30)34)22-6-3-4-14-27-22)23-7-5-15-29(23)19-10-12-20(13-11-19)31(32)33/h3-16,24-25H,1-2H3,(H,28,34)/t24-,25+/m1/s1. The van der Waals surface area contributed by atoms with Gasteiger partial charge in [-0.1, -0.05) is 12.1 Å². The highest BCUT2D eigenvalue weighted by molar-refractivity contribution is 7.80. The number of rotatable bonds is 5. The first-order chi connectivity index (χ1) is 16.4. The molecule has 0 bridgehead atoms. The molecule has 8 heteroatoms. The molecule has 0 unspecified atom stereocenters. The van der Waals surface area contributed by atoms with Gasteiger partial charge in [0.2, 0.25) is 0 Å². The lowest BCUT2D eigenvalue weighted by molar-refractivity contribution is -0.384. The van der Waals surface area contributed by atoms with Crippen molar-refractivity contribution in [2.24, 2.45) is 0 Å². The minimum Gasteiger partial charge on any atom is -0.351 e. The van der Waals surface area contributed by atoms with E-state index in [1.165, 1.54) is 23.3 Å². The number of benzene rings is 2. The molecular weight excluding hydrogens is 446 g/mol. The Labute approximate surface area is 202 Å². The summed E-state index contributed by atoms with van der Waals surface area (Å²) in [6, 6.07) is 22.4. The number of nitrogens with one attached hydrogen (secondary N) is 1. The molecule has 1 aliphatic rings. The van der Waals surface area contributed by atoms with Gasteiger partial charge in [0.25, 0.3) is 5.69 Å². The van der Waals surface area contributed by atoms with Gasteiger partial charge in [0.05, 0.1) is 16.7 Å². The van der Waals surface area contributed by atoms with Crippen molar-refractivity contribution in [1.29, 1.82) is 0 Å². The van der Waals surface area contributed by atoms with Crippen LogP contribution >= 0.6 is 12.2 Å². The minimum absolute atomic E-state index is 0.0595. The number of aryl methyl sites for hydroxylation is 2. The van der Waals surface area contributed by atoms with E-state index in [2.05, 4.69) is 53.3 Å². The van der Waals surface area contributed by atoms with E-state index in [-0.39, 0.29) is 17.8 Å². The first kappa shape index (κ1) is 21.8. The van der Waals surface area contributed by atoms with Crippen molar-refractivity contribution < 1.29 is 4.92 Å². The molecule has 1 fully saturated rings. The Balaban J connectivity index is 1.65. The monoisotopic (exact) mass is 469 g/mol. The van der Waals surface area contributed by atoms with Gasteiger partial charge in [0.1, 0.15) is 6.04 Å². The summed E-state index contributed by atoms with van der Waals surface area (Å²) in [5.41, 5.74) is 6.18. The van der Waals surface area contributed by atoms with Crippen molar-refractivity contribution >= 4 is 28.7 Å². The summed E-state index contributed by atoms with van der Waals surface area (Å²) in [5.74, 6) is 0. The van der Waals surface area contributed by atoms with Gasteiger partial charge >= 0.3 is 0 Å². The van der Waals surface area contributed by atoms with E-state index in [1.54, 1.807) is 18.3 Å². The number of thiocarbonyl (C=S) groups is 1. The van der Waals surface area contributed by atoms with E-state index < -0.39 is 4.92 Å². The number of hydrogen-bond donors (Lipinski definition) is 1. The smallest absolute Gasteiger partial charge is 0.269 e. The van der Waals surface area contributed by atoms with Crippen LogP contribution in [0.1, 0.15) is 34.6 Å². The van der Waals surface area contributed by atoms with Crippen molar-refractivity contribution in [3.63, 3.8) is 0 Å². The molecule has 0 saturated carbocycles. The molecule has 1 N–H and O–H groups in total. The molecule has 170 valence electrons. The maximum absolute atomic E-state index is 11.1. The van der Waals surface area contributed by atoms with Crippen molar-refractivity contribution in [3.05, 3.63) is 118 Å². The van der Waals surface area contributed by atoms with Gasteiger partial charge in [-0.15, -0.1) is 0 Å². The second-order valence-electron chi connectivity index (χ2n) is 8.34. The Kier molecular flexibility index (Phi) is 5.59. The fourth-order valence-electron chi connectivity index (χ4n) is 4.41. The zero-order valence-corrected chi connectivity index (χ0v) is 19.6. The minimum atomic E-state index is -0.391. The fourth-order valence-corrected chi connectivity index (χ4v) is 4.76. The highest BCUT2D eigenvalue weighted by Gasteiger charge is 2.42. The van der Waals surface area contributed by atoms with Crippen molar-refractivity contribution in [3.8, 4) is 5.69 Å². The SMILES string of the molecule is Cc1ccc(N2C(=S)N[C@H](c3ccccn3)[C@@H]2c2cccn2-c2ccc([N+](=O)[O-])cc2)cc1C. The van der Waals surface area contributed by atoms with Crippen LogP contribution in [0.4, 0.5) is 11.4 Å². The van der Waals surface area contributed by atoms with Crippen molar-refractivity contribution in [1.82, 2.24) is 14.9 Å². The first-order valence-electron chi connectivity index (χ1n) is 10.9. The van der Waals surface area contributed by atoms with Crippen LogP contribution in [0, 0.1) is 24.0 Å². The number of non-ortho nitro benzene ring substituents is 1. The summed E-state index contributed by atoms with van der Waals surface area (Å²) in [6.45, 7) is 4.18. The molecule has 0 radical (unpaired) electrons. The Hall–Kier alpha value is -4.04. The van der Waals surface area contributed by atoms with Gasteiger partial charge in [-0.05, 0) is 85.7 Å². The molecule has 1 saturated heterocycles. The third kappa shape index (κ3) is 3.82. The van der Waals surface area contributed by atoms with Gasteiger partial charge in [-0.2, -0.15) is 0 Å². The lowest BCUT2D eigenvalue weighted by atomic mass is 10.00. The molecule has 0 aliphatic carbocycles. The van der Waals surface area contributed by atoms with Crippen LogP contribution < -0.4 is 10.2 Å². The molecule has 1 aliphatic heterocycles. The van der Waals surface area contributed by atoms with Gasteiger partial charge < -0.3 is 14.8 Å². The molecule has 34 heavy (non-hydrogen) atoms. The first-order valence-corrected chi connectivity index (χ1v) is 11.3. The summed E-state index contributed by atoms with van der Waals surface area (Å²) < 4.78 is 2.05. The predicted octanol–water partition coefficient (Wildman–Crippen LogP) is 5.57. The molecule has 2 aromatic carbocycles. The van der Waals surface area contributed by atoms with E-state index in [0.717, 1.165) is 22.8 Å². The Morgan fingerprint density at radius 1 is 0.971 bits per heavy atom. The molecular formula is C26H23N5O2S. The lowest BCUT2D eigenvalue weighted by Gasteiger charge is -2.29. The van der Waals surface area contributed by atoms with Crippen LogP contribution in [-0.2, 0) is 0 Å². The molecule has 0 amide bonds. The Morgan fingerprint density at radius 2 is 1.74 bits per heavy atom.